The smallest absolute Gasteiger partial charge is 0.253 e. The highest BCUT2D eigenvalue weighted by atomic mass is 16.5. The van der Waals surface area contributed by atoms with Crippen molar-refractivity contribution in [3.05, 3.63) is 89.7 Å². The van der Waals surface area contributed by atoms with E-state index in [0.717, 1.165) is 18.4 Å². The number of aryl methyl sites for hydroxylation is 1. The van der Waals surface area contributed by atoms with E-state index in [-0.39, 0.29) is 11.9 Å². The van der Waals surface area contributed by atoms with E-state index in [4.69, 9.17) is 9.47 Å². The van der Waals surface area contributed by atoms with Crippen molar-refractivity contribution in [3.63, 3.8) is 0 Å². The van der Waals surface area contributed by atoms with Gasteiger partial charge in [-0.15, -0.1) is 0 Å². The standard InChI is InChI=1S/C25H28N2O3/c1-3-29-23-15-13-20(17-24(23)30-4-2)22(14-12-19-9-6-5-7-10-19)27-25(28)21-11-8-16-26-18-21/h5-11,13,15-18,22H,3-4,12,14H2,1-2H3,(H,27,28)/t22-/m0/s1. The van der Waals surface area contributed by atoms with Crippen LogP contribution >= 0.6 is 0 Å². The average molecular weight is 405 g/mol. The van der Waals surface area contributed by atoms with Crippen LogP contribution in [0.15, 0.2) is 73.1 Å². The zero-order valence-corrected chi connectivity index (χ0v) is 17.5. The van der Waals surface area contributed by atoms with Crippen molar-refractivity contribution in [2.45, 2.75) is 32.7 Å². The largest absolute Gasteiger partial charge is 0.490 e. The average Bonchev–Trinajstić information content (AvgIpc) is 2.79. The molecule has 1 aromatic heterocycles. The predicted octanol–water partition coefficient (Wildman–Crippen LogP) is 4.98. The van der Waals surface area contributed by atoms with Gasteiger partial charge >= 0.3 is 0 Å². The Kier molecular flexibility index (Phi) is 7.84. The number of hydrogen-bond donors (Lipinski definition) is 1. The maximum atomic E-state index is 12.8. The van der Waals surface area contributed by atoms with Gasteiger partial charge in [-0.2, -0.15) is 0 Å². The summed E-state index contributed by atoms with van der Waals surface area (Å²) in [6.07, 6.45) is 4.84. The number of amides is 1. The van der Waals surface area contributed by atoms with E-state index in [0.29, 0.717) is 30.3 Å². The summed E-state index contributed by atoms with van der Waals surface area (Å²) >= 11 is 0. The summed E-state index contributed by atoms with van der Waals surface area (Å²) in [4.78, 5) is 16.9. The maximum Gasteiger partial charge on any atom is 0.253 e. The molecule has 0 unspecified atom stereocenters. The Bertz CT molecular complexity index is 930. The molecule has 2 aromatic carbocycles. The van der Waals surface area contributed by atoms with Crippen molar-refractivity contribution in [3.8, 4) is 11.5 Å². The van der Waals surface area contributed by atoms with E-state index in [1.54, 1.807) is 24.5 Å². The van der Waals surface area contributed by atoms with Crippen LogP contribution in [-0.4, -0.2) is 24.1 Å². The van der Waals surface area contributed by atoms with Crippen molar-refractivity contribution in [1.82, 2.24) is 10.3 Å². The second-order valence-corrected chi connectivity index (χ2v) is 6.86. The predicted molar refractivity (Wildman–Crippen MR) is 118 cm³/mol. The Morgan fingerprint density at radius 1 is 0.967 bits per heavy atom. The first kappa shape index (κ1) is 21.4. The third-order valence-corrected chi connectivity index (χ3v) is 4.76. The minimum atomic E-state index is -0.173. The number of aromatic nitrogens is 1. The Morgan fingerprint density at radius 3 is 2.43 bits per heavy atom. The van der Waals surface area contributed by atoms with Crippen LogP contribution in [0.5, 0.6) is 11.5 Å². The van der Waals surface area contributed by atoms with Crippen molar-refractivity contribution in [2.24, 2.45) is 0 Å². The summed E-state index contributed by atoms with van der Waals surface area (Å²) in [7, 11) is 0. The lowest BCUT2D eigenvalue weighted by Crippen LogP contribution is -2.29. The fraction of sp³-hybridized carbons (Fsp3) is 0.280. The molecule has 5 nitrogen and oxygen atoms in total. The van der Waals surface area contributed by atoms with Crippen molar-refractivity contribution >= 4 is 5.91 Å². The third kappa shape index (κ3) is 5.83. The second-order valence-electron chi connectivity index (χ2n) is 6.86. The zero-order chi connectivity index (χ0) is 21.2. The van der Waals surface area contributed by atoms with Crippen LogP contribution in [0, 0.1) is 0 Å². The number of benzene rings is 2. The molecule has 3 rings (SSSR count). The molecule has 0 fully saturated rings. The van der Waals surface area contributed by atoms with Crippen LogP contribution in [0.25, 0.3) is 0 Å². The topological polar surface area (TPSA) is 60.5 Å². The lowest BCUT2D eigenvalue weighted by Gasteiger charge is -2.21. The van der Waals surface area contributed by atoms with Crippen LogP contribution < -0.4 is 14.8 Å². The van der Waals surface area contributed by atoms with Gasteiger partial charge in [0.15, 0.2) is 11.5 Å². The highest BCUT2D eigenvalue weighted by Crippen LogP contribution is 2.32. The molecule has 0 radical (unpaired) electrons. The first-order chi connectivity index (χ1) is 14.7. The van der Waals surface area contributed by atoms with Crippen LogP contribution in [-0.2, 0) is 6.42 Å². The number of pyridine rings is 1. The third-order valence-electron chi connectivity index (χ3n) is 4.76. The molecule has 0 spiro atoms. The second kappa shape index (κ2) is 11.0. The number of nitrogens with one attached hydrogen (secondary N) is 1. The van der Waals surface area contributed by atoms with Crippen LogP contribution in [0.1, 0.15) is 47.8 Å². The summed E-state index contributed by atoms with van der Waals surface area (Å²) in [6.45, 7) is 4.99. The van der Waals surface area contributed by atoms with Gasteiger partial charge in [0.1, 0.15) is 0 Å². The minimum absolute atomic E-state index is 0.145. The van der Waals surface area contributed by atoms with E-state index in [1.165, 1.54) is 5.56 Å². The summed E-state index contributed by atoms with van der Waals surface area (Å²) in [5.41, 5.74) is 2.75. The minimum Gasteiger partial charge on any atom is -0.490 e. The molecule has 0 bridgehead atoms. The van der Waals surface area contributed by atoms with Crippen LogP contribution in [0.4, 0.5) is 0 Å². The number of carbonyl (C=O) groups is 1. The molecule has 0 aliphatic heterocycles. The number of nitrogens with zero attached hydrogens (tertiary/aromatic N) is 1. The van der Waals surface area contributed by atoms with E-state index < -0.39 is 0 Å². The normalized spacial score (nSPS) is 11.5. The molecule has 1 amide bonds. The molecule has 156 valence electrons. The summed E-state index contributed by atoms with van der Waals surface area (Å²) in [5, 5.41) is 3.17. The van der Waals surface area contributed by atoms with E-state index in [2.05, 4.69) is 22.4 Å². The van der Waals surface area contributed by atoms with Gasteiger partial charge in [-0.3, -0.25) is 9.78 Å². The monoisotopic (exact) mass is 404 g/mol. The Labute approximate surface area is 178 Å². The van der Waals surface area contributed by atoms with Gasteiger partial charge in [0, 0.05) is 12.4 Å². The molecule has 30 heavy (non-hydrogen) atoms. The molecule has 0 aliphatic carbocycles. The van der Waals surface area contributed by atoms with E-state index >= 15 is 0 Å². The van der Waals surface area contributed by atoms with E-state index in [9.17, 15) is 4.79 Å². The quantitative estimate of drug-likeness (QED) is 0.518. The van der Waals surface area contributed by atoms with Crippen molar-refractivity contribution in [1.29, 1.82) is 0 Å². The molecule has 1 N–H and O–H groups in total. The van der Waals surface area contributed by atoms with Gasteiger partial charge in [0.2, 0.25) is 0 Å². The highest BCUT2D eigenvalue weighted by molar-refractivity contribution is 5.94. The maximum absolute atomic E-state index is 12.8. The van der Waals surface area contributed by atoms with E-state index in [1.807, 2.05) is 50.2 Å². The molecule has 1 heterocycles. The van der Waals surface area contributed by atoms with Gasteiger partial charge in [0.05, 0.1) is 24.8 Å². The lowest BCUT2D eigenvalue weighted by atomic mass is 9.98. The number of rotatable bonds is 10. The Hall–Kier alpha value is -3.34. The first-order valence-corrected chi connectivity index (χ1v) is 10.4. The van der Waals surface area contributed by atoms with Gasteiger partial charge < -0.3 is 14.8 Å². The summed E-state index contributed by atoms with van der Waals surface area (Å²) in [5.74, 6) is 1.26. The highest BCUT2D eigenvalue weighted by Gasteiger charge is 2.18. The number of ether oxygens (including phenoxy) is 2. The summed E-state index contributed by atoms with van der Waals surface area (Å²) in [6, 6.07) is 19.5. The molecule has 0 saturated carbocycles. The van der Waals surface area contributed by atoms with Crippen molar-refractivity contribution < 1.29 is 14.3 Å². The molecule has 0 saturated heterocycles. The molecule has 5 heteroatoms. The van der Waals surface area contributed by atoms with Gasteiger partial charge in [-0.1, -0.05) is 36.4 Å². The molecule has 1 atom stereocenters. The van der Waals surface area contributed by atoms with Crippen LogP contribution in [0.3, 0.4) is 0 Å². The van der Waals surface area contributed by atoms with Gasteiger partial charge in [0.25, 0.3) is 5.91 Å². The molecule has 3 aromatic rings. The van der Waals surface area contributed by atoms with Crippen molar-refractivity contribution in [2.75, 3.05) is 13.2 Å². The fourth-order valence-electron chi connectivity index (χ4n) is 3.30. The van der Waals surface area contributed by atoms with Gasteiger partial charge in [-0.05, 0) is 62.1 Å². The first-order valence-electron chi connectivity index (χ1n) is 10.4. The lowest BCUT2D eigenvalue weighted by molar-refractivity contribution is 0.0934. The fourth-order valence-corrected chi connectivity index (χ4v) is 3.30. The molecule has 0 aliphatic rings. The Morgan fingerprint density at radius 2 is 1.73 bits per heavy atom. The molecular formula is C25H28N2O3. The number of hydrogen-bond acceptors (Lipinski definition) is 4. The zero-order valence-electron chi connectivity index (χ0n) is 17.5. The van der Waals surface area contributed by atoms with Crippen LogP contribution in [0.2, 0.25) is 0 Å². The van der Waals surface area contributed by atoms with Gasteiger partial charge in [-0.25, -0.2) is 0 Å². The SMILES string of the molecule is CCOc1ccc([C@H](CCc2ccccc2)NC(=O)c2cccnc2)cc1OCC. The molecular weight excluding hydrogens is 376 g/mol. The Balaban J connectivity index is 1.85. The summed E-state index contributed by atoms with van der Waals surface area (Å²) < 4.78 is 11.5. The number of carbonyl (C=O) groups excluding carboxylic acids is 1.